The van der Waals surface area contributed by atoms with Gasteiger partial charge in [-0.3, -0.25) is 0 Å². The van der Waals surface area contributed by atoms with Crippen LogP contribution in [0.3, 0.4) is 0 Å². The number of alkyl halides is 1. The molecule has 0 radical (unpaired) electrons. The zero-order chi connectivity index (χ0) is 9.23. The Balaban J connectivity index is 2.86. The Bertz CT molecular complexity index is 120. The molecule has 0 bridgehead atoms. The average Bonchev–Trinajstić information content (AvgIpc) is 2.02. The van der Waals surface area contributed by atoms with E-state index in [2.05, 4.69) is 22.6 Å². The molecular formula is C8H17IO2S. The summed E-state index contributed by atoms with van der Waals surface area (Å²) in [5, 5.41) is 0. The summed E-state index contributed by atoms with van der Waals surface area (Å²) in [7, 11) is 0. The maximum atomic E-state index is 10.2. The monoisotopic (exact) mass is 304 g/mol. The lowest BCUT2D eigenvalue weighted by atomic mass is 10.1. The van der Waals surface area contributed by atoms with E-state index in [4.69, 9.17) is 4.55 Å². The van der Waals surface area contributed by atoms with Crippen molar-refractivity contribution < 1.29 is 8.76 Å². The fraction of sp³-hybridized carbons (Fsp3) is 1.00. The van der Waals surface area contributed by atoms with E-state index in [-0.39, 0.29) is 0 Å². The average molecular weight is 304 g/mol. The van der Waals surface area contributed by atoms with Crippen molar-refractivity contribution in [2.45, 2.75) is 38.5 Å². The summed E-state index contributed by atoms with van der Waals surface area (Å²) < 4.78 is 20.0. The molecule has 0 aliphatic heterocycles. The lowest BCUT2D eigenvalue weighted by Gasteiger charge is -1.98. The zero-order valence-corrected chi connectivity index (χ0v) is 10.3. The van der Waals surface area contributed by atoms with Crippen molar-refractivity contribution in [1.29, 1.82) is 0 Å². The van der Waals surface area contributed by atoms with E-state index in [0.717, 1.165) is 12.8 Å². The van der Waals surface area contributed by atoms with E-state index in [1.807, 2.05) is 0 Å². The second-order valence-electron chi connectivity index (χ2n) is 2.84. The summed E-state index contributed by atoms with van der Waals surface area (Å²) in [6.45, 7) is 0. The Morgan fingerprint density at radius 2 is 1.50 bits per heavy atom. The van der Waals surface area contributed by atoms with Crippen molar-refractivity contribution in [2.24, 2.45) is 0 Å². The van der Waals surface area contributed by atoms with E-state index < -0.39 is 11.1 Å². The standard InChI is InChI=1S/C8H17IO2S/c9-7-5-3-1-2-4-6-8-12(10)11/h1-8H2,(H,10,11). The SMILES string of the molecule is O=S(O)CCCCCCCCI. The first-order valence-corrected chi connectivity index (χ1v) is 7.21. The minimum atomic E-state index is -1.58. The van der Waals surface area contributed by atoms with Gasteiger partial charge >= 0.3 is 0 Å². The van der Waals surface area contributed by atoms with Crippen LogP contribution in [0.25, 0.3) is 0 Å². The van der Waals surface area contributed by atoms with Gasteiger partial charge in [0, 0.05) is 5.75 Å². The van der Waals surface area contributed by atoms with Crippen molar-refractivity contribution in [1.82, 2.24) is 0 Å². The molecule has 1 unspecified atom stereocenters. The summed E-state index contributed by atoms with van der Waals surface area (Å²) in [6.07, 6.45) is 7.12. The molecular weight excluding hydrogens is 287 g/mol. The molecule has 0 rings (SSSR count). The Labute approximate surface area is 90.9 Å². The van der Waals surface area contributed by atoms with E-state index in [0.29, 0.717) is 5.75 Å². The zero-order valence-electron chi connectivity index (χ0n) is 7.30. The molecule has 12 heavy (non-hydrogen) atoms. The van der Waals surface area contributed by atoms with Gasteiger partial charge in [0.25, 0.3) is 0 Å². The highest BCUT2D eigenvalue weighted by Gasteiger charge is 1.93. The van der Waals surface area contributed by atoms with Gasteiger partial charge in [-0.15, -0.1) is 0 Å². The van der Waals surface area contributed by atoms with Gasteiger partial charge in [0.15, 0.2) is 11.1 Å². The number of rotatable bonds is 8. The first kappa shape index (κ1) is 12.8. The molecule has 74 valence electrons. The Kier molecular flexibility index (Phi) is 10.6. The van der Waals surface area contributed by atoms with Gasteiger partial charge in [-0.25, -0.2) is 4.21 Å². The highest BCUT2D eigenvalue weighted by Crippen LogP contribution is 2.06. The smallest absolute Gasteiger partial charge is 0.152 e. The summed E-state index contributed by atoms with van der Waals surface area (Å²) in [5.41, 5.74) is 0. The molecule has 0 fully saturated rings. The molecule has 2 nitrogen and oxygen atoms in total. The predicted molar refractivity (Wildman–Crippen MR) is 62.2 cm³/mol. The van der Waals surface area contributed by atoms with Crippen LogP contribution in [0.15, 0.2) is 0 Å². The van der Waals surface area contributed by atoms with Crippen molar-refractivity contribution >= 4 is 33.7 Å². The van der Waals surface area contributed by atoms with Crippen LogP contribution in [0.1, 0.15) is 38.5 Å². The molecule has 0 saturated heterocycles. The van der Waals surface area contributed by atoms with Crippen LogP contribution in [-0.2, 0) is 11.1 Å². The third-order valence-electron chi connectivity index (χ3n) is 1.70. The highest BCUT2D eigenvalue weighted by atomic mass is 127. The molecule has 0 heterocycles. The van der Waals surface area contributed by atoms with Crippen molar-refractivity contribution in [3.63, 3.8) is 0 Å². The van der Waals surface area contributed by atoms with Crippen LogP contribution in [0.4, 0.5) is 0 Å². The van der Waals surface area contributed by atoms with Crippen LogP contribution in [-0.4, -0.2) is 18.9 Å². The minimum Gasteiger partial charge on any atom is -0.306 e. The molecule has 0 aromatic heterocycles. The molecule has 1 atom stereocenters. The van der Waals surface area contributed by atoms with Gasteiger partial charge < -0.3 is 4.55 Å². The van der Waals surface area contributed by atoms with E-state index in [9.17, 15) is 4.21 Å². The van der Waals surface area contributed by atoms with Gasteiger partial charge in [-0.1, -0.05) is 48.3 Å². The fourth-order valence-electron chi connectivity index (χ4n) is 1.03. The Morgan fingerprint density at radius 1 is 1.00 bits per heavy atom. The van der Waals surface area contributed by atoms with Crippen molar-refractivity contribution in [3.05, 3.63) is 0 Å². The van der Waals surface area contributed by atoms with Crippen LogP contribution in [0.2, 0.25) is 0 Å². The summed E-state index contributed by atoms with van der Waals surface area (Å²) in [4.78, 5) is 0. The molecule has 0 aliphatic rings. The number of halogens is 1. The number of unbranched alkanes of at least 4 members (excludes halogenated alkanes) is 5. The molecule has 0 aromatic rings. The largest absolute Gasteiger partial charge is 0.306 e. The molecule has 0 saturated carbocycles. The summed E-state index contributed by atoms with van der Waals surface area (Å²) in [6, 6.07) is 0. The molecule has 1 N–H and O–H groups in total. The van der Waals surface area contributed by atoms with Crippen molar-refractivity contribution in [3.8, 4) is 0 Å². The van der Waals surface area contributed by atoms with Gasteiger partial charge in [0.05, 0.1) is 0 Å². The van der Waals surface area contributed by atoms with Crippen LogP contribution >= 0.6 is 22.6 Å². The molecule has 4 heteroatoms. The van der Waals surface area contributed by atoms with Gasteiger partial charge in [0.2, 0.25) is 0 Å². The quantitative estimate of drug-likeness (QED) is 0.324. The number of hydrogen-bond acceptors (Lipinski definition) is 1. The Morgan fingerprint density at radius 3 is 2.00 bits per heavy atom. The maximum Gasteiger partial charge on any atom is 0.152 e. The second kappa shape index (κ2) is 9.92. The first-order chi connectivity index (χ1) is 5.77. The second-order valence-corrected chi connectivity index (χ2v) is 4.97. The third kappa shape index (κ3) is 10.8. The predicted octanol–water partition coefficient (Wildman–Crippen LogP) is 2.98. The normalized spacial score (nSPS) is 13.2. The molecule has 0 aromatic carbocycles. The molecule has 0 amide bonds. The Hall–Kier alpha value is 0.840. The van der Waals surface area contributed by atoms with E-state index in [1.54, 1.807) is 0 Å². The highest BCUT2D eigenvalue weighted by molar-refractivity contribution is 14.1. The van der Waals surface area contributed by atoms with Gasteiger partial charge in [-0.2, -0.15) is 0 Å². The fourth-order valence-corrected chi connectivity index (χ4v) is 2.02. The van der Waals surface area contributed by atoms with Crippen LogP contribution in [0, 0.1) is 0 Å². The lowest BCUT2D eigenvalue weighted by molar-refractivity contribution is 0.556. The van der Waals surface area contributed by atoms with E-state index >= 15 is 0 Å². The van der Waals surface area contributed by atoms with Crippen LogP contribution in [0.5, 0.6) is 0 Å². The van der Waals surface area contributed by atoms with E-state index in [1.165, 1.54) is 30.1 Å². The lowest BCUT2D eigenvalue weighted by Crippen LogP contribution is -1.94. The third-order valence-corrected chi connectivity index (χ3v) is 3.10. The minimum absolute atomic E-state index is 0.451. The first-order valence-electron chi connectivity index (χ1n) is 4.41. The van der Waals surface area contributed by atoms with Gasteiger partial charge in [0.1, 0.15) is 0 Å². The molecule has 0 spiro atoms. The maximum absolute atomic E-state index is 10.2. The number of hydrogen-bond donors (Lipinski definition) is 1. The van der Waals surface area contributed by atoms with Crippen LogP contribution < -0.4 is 0 Å². The van der Waals surface area contributed by atoms with Gasteiger partial charge in [-0.05, 0) is 17.3 Å². The van der Waals surface area contributed by atoms with Crippen molar-refractivity contribution in [2.75, 3.05) is 10.2 Å². The summed E-state index contributed by atoms with van der Waals surface area (Å²) in [5.74, 6) is 0.451. The topological polar surface area (TPSA) is 37.3 Å². The summed E-state index contributed by atoms with van der Waals surface area (Å²) >= 11 is 0.816. The molecule has 0 aliphatic carbocycles.